The van der Waals surface area contributed by atoms with E-state index in [1.165, 1.54) is 0 Å². The summed E-state index contributed by atoms with van der Waals surface area (Å²) in [6.45, 7) is 0.662. The van der Waals surface area contributed by atoms with E-state index in [-0.39, 0.29) is 0 Å². The summed E-state index contributed by atoms with van der Waals surface area (Å²) in [5.41, 5.74) is 2.88. The standard InChI is InChI=1S/C13H12ClN5/c14-4-1-13-18-11-7-15-6-3-12(11)19(13)8-10-2-5-16-9-17-10/h2-3,5-7,9H,1,4,8H2. The van der Waals surface area contributed by atoms with E-state index in [2.05, 4.69) is 24.5 Å². The number of hydrogen-bond donors (Lipinski definition) is 0. The van der Waals surface area contributed by atoms with E-state index in [9.17, 15) is 0 Å². The van der Waals surface area contributed by atoms with E-state index in [4.69, 9.17) is 11.6 Å². The SMILES string of the molecule is ClCCc1nc2cnccc2n1Cc1ccncn1. The first-order valence-corrected chi connectivity index (χ1v) is 6.52. The molecule has 19 heavy (non-hydrogen) atoms. The fraction of sp³-hybridized carbons (Fsp3) is 0.231. The van der Waals surface area contributed by atoms with Crippen LogP contribution >= 0.6 is 11.6 Å². The molecule has 0 amide bonds. The van der Waals surface area contributed by atoms with Gasteiger partial charge in [-0.1, -0.05) is 0 Å². The number of imidazole rings is 1. The minimum absolute atomic E-state index is 0.542. The van der Waals surface area contributed by atoms with Crippen LogP contribution < -0.4 is 0 Å². The van der Waals surface area contributed by atoms with Gasteiger partial charge in [0, 0.05) is 24.7 Å². The number of nitrogens with zero attached hydrogens (tertiary/aromatic N) is 5. The van der Waals surface area contributed by atoms with Crippen molar-refractivity contribution in [2.24, 2.45) is 0 Å². The lowest BCUT2D eigenvalue weighted by atomic mass is 10.3. The van der Waals surface area contributed by atoms with Gasteiger partial charge in [-0.25, -0.2) is 15.0 Å². The normalized spacial score (nSPS) is 11.0. The van der Waals surface area contributed by atoms with Gasteiger partial charge in [-0.15, -0.1) is 11.6 Å². The first-order valence-electron chi connectivity index (χ1n) is 5.98. The predicted octanol–water partition coefficient (Wildman–Crippen LogP) is 2.05. The van der Waals surface area contributed by atoms with Crippen LogP contribution in [0.1, 0.15) is 11.5 Å². The molecule has 3 aromatic heterocycles. The molecule has 0 unspecified atom stereocenters. The Morgan fingerprint density at radius 3 is 2.84 bits per heavy atom. The van der Waals surface area contributed by atoms with Gasteiger partial charge in [0.2, 0.25) is 0 Å². The number of fused-ring (bicyclic) bond motifs is 1. The first-order chi connectivity index (χ1) is 9.38. The van der Waals surface area contributed by atoms with Gasteiger partial charge in [0.1, 0.15) is 17.7 Å². The molecular formula is C13H12ClN5. The van der Waals surface area contributed by atoms with Crippen LogP contribution in [0.15, 0.2) is 37.1 Å². The van der Waals surface area contributed by atoms with Gasteiger partial charge in [0.15, 0.2) is 0 Å². The highest BCUT2D eigenvalue weighted by molar-refractivity contribution is 6.17. The smallest absolute Gasteiger partial charge is 0.115 e. The zero-order valence-corrected chi connectivity index (χ0v) is 11.0. The topological polar surface area (TPSA) is 56.5 Å². The Bertz CT molecular complexity index is 680. The molecule has 6 heteroatoms. The van der Waals surface area contributed by atoms with E-state index in [0.29, 0.717) is 12.4 Å². The summed E-state index contributed by atoms with van der Waals surface area (Å²) in [5, 5.41) is 0. The molecule has 0 radical (unpaired) electrons. The summed E-state index contributed by atoms with van der Waals surface area (Å²) in [6, 6.07) is 3.86. The maximum atomic E-state index is 5.84. The van der Waals surface area contributed by atoms with E-state index < -0.39 is 0 Å². The highest BCUT2D eigenvalue weighted by atomic mass is 35.5. The van der Waals surface area contributed by atoms with Gasteiger partial charge in [-0.3, -0.25) is 4.98 Å². The van der Waals surface area contributed by atoms with Crippen molar-refractivity contribution in [3.05, 3.63) is 48.6 Å². The van der Waals surface area contributed by atoms with Crippen LogP contribution in [0, 0.1) is 0 Å². The van der Waals surface area contributed by atoms with Crippen molar-refractivity contribution in [2.45, 2.75) is 13.0 Å². The third-order valence-electron chi connectivity index (χ3n) is 2.91. The number of hydrogen-bond acceptors (Lipinski definition) is 4. The molecule has 0 aliphatic carbocycles. The Labute approximate surface area is 115 Å². The summed E-state index contributed by atoms with van der Waals surface area (Å²) in [5.74, 6) is 1.50. The van der Waals surface area contributed by atoms with Crippen LogP contribution in [-0.2, 0) is 13.0 Å². The molecule has 0 saturated carbocycles. The lowest BCUT2D eigenvalue weighted by molar-refractivity contribution is 0.735. The highest BCUT2D eigenvalue weighted by Gasteiger charge is 2.10. The second-order valence-electron chi connectivity index (χ2n) is 4.12. The molecule has 0 aliphatic rings. The van der Waals surface area contributed by atoms with Crippen molar-refractivity contribution in [1.29, 1.82) is 0 Å². The Kier molecular flexibility index (Phi) is 3.37. The van der Waals surface area contributed by atoms with Crippen molar-refractivity contribution >= 4 is 22.6 Å². The van der Waals surface area contributed by atoms with Gasteiger partial charge in [-0.2, -0.15) is 0 Å². The zero-order valence-electron chi connectivity index (χ0n) is 10.2. The minimum atomic E-state index is 0.542. The molecule has 0 N–H and O–H groups in total. The molecule has 3 aromatic rings. The quantitative estimate of drug-likeness (QED) is 0.683. The number of alkyl halides is 1. The van der Waals surface area contributed by atoms with Crippen molar-refractivity contribution in [1.82, 2.24) is 24.5 Å². The van der Waals surface area contributed by atoms with E-state index in [1.807, 2.05) is 12.1 Å². The molecule has 0 saturated heterocycles. The fourth-order valence-corrected chi connectivity index (χ4v) is 2.23. The average Bonchev–Trinajstić information content (AvgIpc) is 2.79. The second kappa shape index (κ2) is 5.32. The summed E-state index contributed by atoms with van der Waals surface area (Å²) in [7, 11) is 0. The van der Waals surface area contributed by atoms with Gasteiger partial charge in [0.25, 0.3) is 0 Å². The first kappa shape index (κ1) is 12.0. The molecule has 96 valence electrons. The summed E-state index contributed by atoms with van der Waals surface area (Å²) in [6.07, 6.45) is 7.55. The van der Waals surface area contributed by atoms with Crippen molar-refractivity contribution < 1.29 is 0 Å². The van der Waals surface area contributed by atoms with Crippen molar-refractivity contribution in [2.75, 3.05) is 5.88 Å². The molecule has 0 fully saturated rings. The summed E-state index contributed by atoms with van der Waals surface area (Å²) in [4.78, 5) is 16.9. The van der Waals surface area contributed by atoms with Gasteiger partial charge < -0.3 is 4.57 Å². The molecular weight excluding hydrogens is 262 g/mol. The van der Waals surface area contributed by atoms with Crippen LogP contribution in [0.4, 0.5) is 0 Å². The number of aromatic nitrogens is 5. The van der Waals surface area contributed by atoms with Crippen LogP contribution in [0.5, 0.6) is 0 Å². The van der Waals surface area contributed by atoms with Gasteiger partial charge >= 0.3 is 0 Å². The third kappa shape index (κ3) is 2.42. The molecule has 5 nitrogen and oxygen atoms in total. The molecule has 0 atom stereocenters. The minimum Gasteiger partial charge on any atom is -0.322 e. The number of halogens is 1. The van der Waals surface area contributed by atoms with Gasteiger partial charge in [0.05, 0.1) is 24.0 Å². The molecule has 0 bridgehead atoms. The number of rotatable bonds is 4. The largest absolute Gasteiger partial charge is 0.322 e. The van der Waals surface area contributed by atoms with E-state index >= 15 is 0 Å². The summed E-state index contributed by atoms with van der Waals surface area (Å²) < 4.78 is 2.13. The molecule has 3 heterocycles. The highest BCUT2D eigenvalue weighted by Crippen LogP contribution is 2.17. The Balaban J connectivity index is 2.07. The fourth-order valence-electron chi connectivity index (χ4n) is 2.06. The lowest BCUT2D eigenvalue weighted by Crippen LogP contribution is -2.07. The monoisotopic (exact) mass is 273 g/mol. The molecule has 3 rings (SSSR count). The predicted molar refractivity (Wildman–Crippen MR) is 73.1 cm³/mol. The zero-order chi connectivity index (χ0) is 13.1. The maximum absolute atomic E-state index is 5.84. The van der Waals surface area contributed by atoms with E-state index in [1.54, 1.807) is 24.9 Å². The van der Waals surface area contributed by atoms with E-state index in [0.717, 1.165) is 29.0 Å². The third-order valence-corrected chi connectivity index (χ3v) is 3.10. The van der Waals surface area contributed by atoms with Crippen molar-refractivity contribution in [3.63, 3.8) is 0 Å². The summed E-state index contributed by atoms with van der Waals surface area (Å²) >= 11 is 5.84. The van der Waals surface area contributed by atoms with Crippen LogP contribution in [-0.4, -0.2) is 30.4 Å². The second-order valence-corrected chi connectivity index (χ2v) is 4.50. The van der Waals surface area contributed by atoms with Crippen LogP contribution in [0.2, 0.25) is 0 Å². The molecule has 0 aliphatic heterocycles. The molecule has 0 aromatic carbocycles. The van der Waals surface area contributed by atoms with Crippen LogP contribution in [0.3, 0.4) is 0 Å². The Hall–Kier alpha value is -2.01. The lowest BCUT2D eigenvalue weighted by Gasteiger charge is -2.07. The van der Waals surface area contributed by atoms with Crippen LogP contribution in [0.25, 0.3) is 11.0 Å². The maximum Gasteiger partial charge on any atom is 0.115 e. The van der Waals surface area contributed by atoms with Crippen molar-refractivity contribution in [3.8, 4) is 0 Å². The average molecular weight is 274 g/mol. The number of pyridine rings is 1. The molecule has 0 spiro atoms. The van der Waals surface area contributed by atoms with Gasteiger partial charge in [-0.05, 0) is 12.1 Å². The Morgan fingerprint density at radius 2 is 2.05 bits per heavy atom. The number of aryl methyl sites for hydroxylation is 1. The Morgan fingerprint density at radius 1 is 1.16 bits per heavy atom.